The normalized spacial score (nSPS) is 20.7. The lowest BCUT2D eigenvalue weighted by atomic mass is 9.81. The van der Waals surface area contributed by atoms with Crippen LogP contribution in [0.15, 0.2) is 48.7 Å². The number of aromatic nitrogens is 1. The van der Waals surface area contributed by atoms with Gasteiger partial charge in [0.15, 0.2) is 0 Å². The molecule has 1 aromatic heterocycles. The smallest absolute Gasteiger partial charge is 0.0553 e. The summed E-state index contributed by atoms with van der Waals surface area (Å²) in [5.74, 6) is 0.467. The number of rotatable bonds is 1. The number of allylic oxidation sites excluding steroid dienone is 1. The molecule has 1 heteroatoms. The Morgan fingerprint density at radius 2 is 2.00 bits per heavy atom. The molecule has 3 rings (SSSR count). The molecule has 0 spiro atoms. The molecule has 0 unspecified atom stereocenters. The first-order valence-corrected chi connectivity index (χ1v) is 6.37. The molecule has 1 aromatic carbocycles. The molecule has 1 heterocycles. The van der Waals surface area contributed by atoms with Crippen LogP contribution in [0.25, 0.3) is 10.8 Å². The van der Waals surface area contributed by atoms with Crippen LogP contribution in [-0.4, -0.2) is 4.98 Å². The number of pyridine rings is 1. The highest BCUT2D eigenvalue weighted by Gasteiger charge is 2.21. The summed E-state index contributed by atoms with van der Waals surface area (Å²) in [7, 11) is 0. The average Bonchev–Trinajstić information content (AvgIpc) is 2.39. The summed E-state index contributed by atoms with van der Waals surface area (Å²) in [5.41, 5.74) is 2.59. The first-order chi connectivity index (χ1) is 8.36. The monoisotopic (exact) mass is 223 g/mol. The van der Waals surface area contributed by atoms with Crippen molar-refractivity contribution in [1.82, 2.24) is 4.98 Å². The molecule has 0 aliphatic heterocycles. The first kappa shape index (κ1) is 10.5. The molecule has 1 nitrogen and oxygen atoms in total. The van der Waals surface area contributed by atoms with E-state index in [0.717, 1.165) is 6.42 Å². The summed E-state index contributed by atoms with van der Waals surface area (Å²) >= 11 is 0. The lowest BCUT2D eigenvalue weighted by Gasteiger charge is -2.25. The van der Waals surface area contributed by atoms with E-state index in [-0.39, 0.29) is 0 Å². The molecular formula is C16H17N. The zero-order chi connectivity index (χ0) is 11.7. The Bertz CT molecular complexity index is 551. The van der Waals surface area contributed by atoms with Crippen molar-refractivity contribution in [2.45, 2.75) is 31.6 Å². The van der Waals surface area contributed by atoms with Gasteiger partial charge in [-0.15, -0.1) is 0 Å². The van der Waals surface area contributed by atoms with Crippen molar-refractivity contribution in [1.29, 1.82) is 0 Å². The minimum absolute atomic E-state index is 0.467. The second-order valence-corrected chi connectivity index (χ2v) is 4.87. The minimum atomic E-state index is 0.467. The predicted molar refractivity (Wildman–Crippen MR) is 72.1 cm³/mol. The second-order valence-electron chi connectivity index (χ2n) is 4.87. The van der Waals surface area contributed by atoms with E-state index in [9.17, 15) is 0 Å². The Labute approximate surface area is 102 Å². The largest absolute Gasteiger partial charge is 0.260 e. The van der Waals surface area contributed by atoms with Crippen LogP contribution >= 0.6 is 0 Å². The van der Waals surface area contributed by atoms with Gasteiger partial charge in [-0.1, -0.05) is 42.8 Å². The van der Waals surface area contributed by atoms with E-state index in [4.69, 9.17) is 0 Å². The highest BCUT2D eigenvalue weighted by atomic mass is 14.7. The molecule has 1 fully saturated rings. The Kier molecular flexibility index (Phi) is 2.68. The first-order valence-electron chi connectivity index (χ1n) is 6.37. The van der Waals surface area contributed by atoms with Crippen LogP contribution < -0.4 is 0 Å². The van der Waals surface area contributed by atoms with Gasteiger partial charge in [0.05, 0.1) is 5.69 Å². The third-order valence-electron chi connectivity index (χ3n) is 3.77. The number of benzene rings is 1. The molecule has 1 atom stereocenters. The summed E-state index contributed by atoms with van der Waals surface area (Å²) in [4.78, 5) is 4.62. The van der Waals surface area contributed by atoms with Crippen LogP contribution in [-0.2, 0) is 0 Å². The molecule has 17 heavy (non-hydrogen) atoms. The SMILES string of the molecule is C=C1CCCC[C@@H]1c1nccc2ccccc12. The Morgan fingerprint density at radius 3 is 2.88 bits per heavy atom. The molecule has 0 saturated heterocycles. The third kappa shape index (κ3) is 1.86. The summed E-state index contributed by atoms with van der Waals surface area (Å²) in [6, 6.07) is 10.6. The molecule has 1 aliphatic carbocycles. The number of nitrogens with zero attached hydrogens (tertiary/aromatic N) is 1. The van der Waals surface area contributed by atoms with Gasteiger partial charge in [-0.05, 0) is 30.7 Å². The molecule has 0 amide bonds. The summed E-state index contributed by atoms with van der Waals surface area (Å²) in [5, 5.41) is 2.58. The van der Waals surface area contributed by atoms with Crippen molar-refractivity contribution >= 4 is 10.8 Å². The minimum Gasteiger partial charge on any atom is -0.260 e. The van der Waals surface area contributed by atoms with E-state index in [1.165, 1.54) is 41.3 Å². The molecule has 0 N–H and O–H groups in total. The highest BCUT2D eigenvalue weighted by molar-refractivity contribution is 5.85. The van der Waals surface area contributed by atoms with Crippen molar-refractivity contribution in [3.05, 3.63) is 54.4 Å². The van der Waals surface area contributed by atoms with Crippen molar-refractivity contribution in [3.8, 4) is 0 Å². The van der Waals surface area contributed by atoms with Crippen molar-refractivity contribution in [2.24, 2.45) is 0 Å². The van der Waals surface area contributed by atoms with E-state index in [0.29, 0.717) is 5.92 Å². The van der Waals surface area contributed by atoms with Gasteiger partial charge in [0, 0.05) is 17.5 Å². The Hall–Kier alpha value is -1.63. The zero-order valence-corrected chi connectivity index (χ0v) is 10.0. The lowest BCUT2D eigenvalue weighted by molar-refractivity contribution is 0.537. The molecule has 0 bridgehead atoms. The quantitative estimate of drug-likeness (QED) is 0.651. The van der Waals surface area contributed by atoms with Crippen molar-refractivity contribution in [3.63, 3.8) is 0 Å². The van der Waals surface area contributed by atoms with E-state index in [1.807, 2.05) is 6.20 Å². The van der Waals surface area contributed by atoms with Gasteiger partial charge in [0.2, 0.25) is 0 Å². The average molecular weight is 223 g/mol. The fraction of sp³-hybridized carbons (Fsp3) is 0.312. The maximum Gasteiger partial charge on any atom is 0.0553 e. The second kappa shape index (κ2) is 4.33. The van der Waals surface area contributed by atoms with Gasteiger partial charge in [-0.25, -0.2) is 0 Å². The van der Waals surface area contributed by atoms with E-state index in [2.05, 4.69) is 41.9 Å². The number of hydrogen-bond acceptors (Lipinski definition) is 1. The van der Waals surface area contributed by atoms with Crippen LogP contribution in [0.1, 0.15) is 37.3 Å². The lowest BCUT2D eigenvalue weighted by Crippen LogP contribution is -2.09. The van der Waals surface area contributed by atoms with E-state index < -0.39 is 0 Å². The van der Waals surface area contributed by atoms with E-state index >= 15 is 0 Å². The van der Waals surface area contributed by atoms with Gasteiger partial charge in [-0.2, -0.15) is 0 Å². The van der Waals surface area contributed by atoms with Crippen LogP contribution in [0.5, 0.6) is 0 Å². The Morgan fingerprint density at radius 1 is 1.12 bits per heavy atom. The van der Waals surface area contributed by atoms with Gasteiger partial charge in [-0.3, -0.25) is 4.98 Å². The molecule has 1 saturated carbocycles. The van der Waals surface area contributed by atoms with Crippen LogP contribution in [0.2, 0.25) is 0 Å². The molecule has 86 valence electrons. The number of hydrogen-bond donors (Lipinski definition) is 0. The molecule has 0 radical (unpaired) electrons. The predicted octanol–water partition coefficient (Wildman–Crippen LogP) is 4.45. The summed E-state index contributed by atoms with van der Waals surface area (Å²) in [6.45, 7) is 4.24. The maximum atomic E-state index is 4.62. The van der Waals surface area contributed by atoms with Crippen LogP contribution in [0, 0.1) is 0 Å². The van der Waals surface area contributed by atoms with Crippen molar-refractivity contribution < 1.29 is 0 Å². The van der Waals surface area contributed by atoms with Gasteiger partial charge < -0.3 is 0 Å². The van der Waals surface area contributed by atoms with Crippen LogP contribution in [0.3, 0.4) is 0 Å². The fourth-order valence-electron chi connectivity index (χ4n) is 2.83. The van der Waals surface area contributed by atoms with Gasteiger partial charge in [0.1, 0.15) is 0 Å². The van der Waals surface area contributed by atoms with E-state index in [1.54, 1.807) is 0 Å². The van der Waals surface area contributed by atoms with Gasteiger partial charge >= 0.3 is 0 Å². The molecule has 1 aliphatic rings. The topological polar surface area (TPSA) is 12.9 Å². The molecular weight excluding hydrogens is 206 g/mol. The summed E-state index contributed by atoms with van der Waals surface area (Å²) in [6.07, 6.45) is 6.89. The number of fused-ring (bicyclic) bond motifs is 1. The fourth-order valence-corrected chi connectivity index (χ4v) is 2.83. The third-order valence-corrected chi connectivity index (χ3v) is 3.77. The highest BCUT2D eigenvalue weighted by Crippen LogP contribution is 2.37. The van der Waals surface area contributed by atoms with Gasteiger partial charge in [0.25, 0.3) is 0 Å². The zero-order valence-electron chi connectivity index (χ0n) is 10.0. The molecule has 2 aromatic rings. The Balaban J connectivity index is 2.13. The summed E-state index contributed by atoms with van der Waals surface area (Å²) < 4.78 is 0. The van der Waals surface area contributed by atoms with Crippen LogP contribution in [0.4, 0.5) is 0 Å². The van der Waals surface area contributed by atoms with Crippen molar-refractivity contribution in [2.75, 3.05) is 0 Å². The maximum absolute atomic E-state index is 4.62. The standard InChI is InChI=1S/C16H17N/c1-12-6-2-4-8-14(12)16-15-9-5-3-7-13(15)10-11-17-16/h3,5,7,9-11,14H,1-2,4,6,8H2/t14-/m0/s1.